The maximum Gasteiger partial charge on any atom is 0.107 e. The van der Waals surface area contributed by atoms with Crippen molar-refractivity contribution in [3.05, 3.63) is 52.1 Å². The van der Waals surface area contributed by atoms with E-state index >= 15 is 0 Å². The molecule has 3 N–H and O–H groups in total. The van der Waals surface area contributed by atoms with Crippen LogP contribution in [0.15, 0.2) is 18.2 Å². The van der Waals surface area contributed by atoms with Crippen molar-refractivity contribution >= 4 is 0 Å². The number of rotatable bonds is 4. The van der Waals surface area contributed by atoms with Crippen LogP contribution in [-0.2, 0) is 12.8 Å². The molecule has 0 unspecified atom stereocenters. The Morgan fingerprint density at radius 3 is 2.39 bits per heavy atom. The van der Waals surface area contributed by atoms with Crippen molar-refractivity contribution in [2.45, 2.75) is 33.6 Å². The summed E-state index contributed by atoms with van der Waals surface area (Å²) in [5.74, 6) is 0.995. The second-order valence-electron chi connectivity index (χ2n) is 4.97. The van der Waals surface area contributed by atoms with E-state index in [1.807, 2.05) is 0 Å². The summed E-state index contributed by atoms with van der Waals surface area (Å²) in [6, 6.07) is 6.65. The smallest absolute Gasteiger partial charge is 0.107 e. The maximum atomic E-state index is 5.55. The van der Waals surface area contributed by atoms with Gasteiger partial charge in [0.1, 0.15) is 5.82 Å². The number of aryl methyl sites for hydroxylation is 3. The fraction of sp³-hybridized carbons (Fsp3) is 0.400. The Balaban J connectivity index is 2.22. The van der Waals surface area contributed by atoms with Gasteiger partial charge < -0.3 is 10.7 Å². The fourth-order valence-electron chi connectivity index (χ4n) is 2.35. The summed E-state index contributed by atoms with van der Waals surface area (Å²) in [4.78, 5) is 7.92. The largest absolute Gasteiger partial charge is 0.346 e. The third-order valence-corrected chi connectivity index (χ3v) is 3.07. The van der Waals surface area contributed by atoms with Gasteiger partial charge in [-0.3, -0.25) is 0 Å². The third-order valence-electron chi connectivity index (χ3n) is 3.07. The lowest BCUT2D eigenvalue weighted by Gasteiger charge is -2.04. The molecule has 0 spiro atoms. The minimum atomic E-state index is 0.635. The van der Waals surface area contributed by atoms with Gasteiger partial charge in [-0.1, -0.05) is 29.3 Å². The number of H-pyrrole nitrogens is 1. The third kappa shape index (κ3) is 2.99. The zero-order valence-electron chi connectivity index (χ0n) is 11.4. The summed E-state index contributed by atoms with van der Waals surface area (Å²) in [7, 11) is 0. The van der Waals surface area contributed by atoms with Crippen molar-refractivity contribution < 1.29 is 0 Å². The zero-order valence-corrected chi connectivity index (χ0v) is 11.4. The van der Waals surface area contributed by atoms with E-state index in [0.717, 1.165) is 30.1 Å². The highest BCUT2D eigenvalue weighted by atomic mass is 14.9. The van der Waals surface area contributed by atoms with Crippen LogP contribution in [0.1, 0.15) is 33.9 Å². The van der Waals surface area contributed by atoms with Crippen LogP contribution in [0.25, 0.3) is 0 Å². The number of hydrogen-bond acceptors (Lipinski definition) is 2. The summed E-state index contributed by atoms with van der Waals surface area (Å²) in [6.45, 7) is 6.97. The summed E-state index contributed by atoms with van der Waals surface area (Å²) >= 11 is 0. The van der Waals surface area contributed by atoms with Gasteiger partial charge in [-0.2, -0.15) is 0 Å². The second kappa shape index (κ2) is 5.36. The van der Waals surface area contributed by atoms with Crippen LogP contribution in [0.4, 0.5) is 0 Å². The van der Waals surface area contributed by atoms with Crippen LogP contribution in [0.3, 0.4) is 0 Å². The van der Waals surface area contributed by atoms with Crippen molar-refractivity contribution in [2.75, 3.05) is 6.54 Å². The van der Waals surface area contributed by atoms with E-state index in [1.54, 1.807) is 0 Å². The number of benzene rings is 1. The Kier molecular flexibility index (Phi) is 3.82. The molecule has 0 saturated carbocycles. The summed E-state index contributed by atoms with van der Waals surface area (Å²) in [6.07, 6.45) is 1.70. The maximum absolute atomic E-state index is 5.55. The van der Waals surface area contributed by atoms with Crippen LogP contribution < -0.4 is 5.73 Å². The Morgan fingerprint density at radius 2 is 1.78 bits per heavy atom. The quantitative estimate of drug-likeness (QED) is 0.866. The predicted molar refractivity (Wildman–Crippen MR) is 74.8 cm³/mol. The monoisotopic (exact) mass is 243 g/mol. The van der Waals surface area contributed by atoms with E-state index in [0.29, 0.717) is 6.54 Å². The number of hydrogen-bond donors (Lipinski definition) is 2. The van der Waals surface area contributed by atoms with Gasteiger partial charge in [0.05, 0.1) is 5.69 Å². The molecular weight excluding hydrogens is 222 g/mol. The highest BCUT2D eigenvalue weighted by Gasteiger charge is 2.07. The van der Waals surface area contributed by atoms with Crippen LogP contribution >= 0.6 is 0 Å². The van der Waals surface area contributed by atoms with Gasteiger partial charge in [0, 0.05) is 18.5 Å². The molecule has 0 atom stereocenters. The standard InChI is InChI=1S/C15H21N3/c1-10-6-11(2)8-13(7-10)9-14-12(3)17-15(18-14)4-5-16/h6-8H,4-5,9,16H2,1-3H3,(H,17,18). The SMILES string of the molecule is Cc1cc(C)cc(Cc2nc(CCN)[nH]c2C)c1. The normalized spacial score (nSPS) is 10.9. The average molecular weight is 243 g/mol. The van der Waals surface area contributed by atoms with Crippen LogP contribution in [0.5, 0.6) is 0 Å². The van der Waals surface area contributed by atoms with E-state index < -0.39 is 0 Å². The first kappa shape index (κ1) is 12.8. The minimum absolute atomic E-state index is 0.635. The highest BCUT2D eigenvalue weighted by molar-refractivity contribution is 5.32. The van der Waals surface area contributed by atoms with Gasteiger partial charge in [-0.25, -0.2) is 4.98 Å². The molecule has 0 amide bonds. The summed E-state index contributed by atoms with van der Waals surface area (Å²) < 4.78 is 0. The molecule has 96 valence electrons. The lowest BCUT2D eigenvalue weighted by Crippen LogP contribution is -2.04. The highest BCUT2D eigenvalue weighted by Crippen LogP contribution is 2.15. The molecule has 0 bridgehead atoms. The van der Waals surface area contributed by atoms with E-state index in [4.69, 9.17) is 5.73 Å². The minimum Gasteiger partial charge on any atom is -0.346 e. The number of imidazole rings is 1. The molecule has 1 heterocycles. The molecule has 1 aromatic heterocycles. The lowest BCUT2D eigenvalue weighted by atomic mass is 10.0. The molecule has 3 nitrogen and oxygen atoms in total. The summed E-state index contributed by atoms with van der Waals surface area (Å²) in [5.41, 5.74) is 11.8. The van der Waals surface area contributed by atoms with E-state index in [9.17, 15) is 0 Å². The van der Waals surface area contributed by atoms with Gasteiger partial charge in [0.15, 0.2) is 0 Å². The van der Waals surface area contributed by atoms with Gasteiger partial charge in [0.2, 0.25) is 0 Å². The van der Waals surface area contributed by atoms with Gasteiger partial charge in [-0.15, -0.1) is 0 Å². The van der Waals surface area contributed by atoms with Crippen molar-refractivity contribution in [1.29, 1.82) is 0 Å². The predicted octanol–water partition coefficient (Wildman–Crippen LogP) is 2.43. The molecule has 0 radical (unpaired) electrons. The molecule has 2 aromatic rings. The molecule has 0 aliphatic carbocycles. The van der Waals surface area contributed by atoms with Crippen molar-refractivity contribution in [3.8, 4) is 0 Å². The Bertz CT molecular complexity index is 520. The molecular formula is C15H21N3. The molecule has 0 aliphatic rings. The first-order chi connectivity index (χ1) is 8.58. The lowest BCUT2D eigenvalue weighted by molar-refractivity contribution is 0.885. The number of nitrogens with one attached hydrogen (secondary N) is 1. The molecule has 18 heavy (non-hydrogen) atoms. The van der Waals surface area contributed by atoms with Gasteiger partial charge >= 0.3 is 0 Å². The van der Waals surface area contributed by atoms with E-state index in [-0.39, 0.29) is 0 Å². The average Bonchev–Trinajstić information content (AvgIpc) is 2.58. The van der Waals surface area contributed by atoms with Crippen LogP contribution in [0.2, 0.25) is 0 Å². The molecule has 0 saturated heterocycles. The van der Waals surface area contributed by atoms with Crippen LogP contribution in [-0.4, -0.2) is 16.5 Å². The Hall–Kier alpha value is -1.61. The fourth-order valence-corrected chi connectivity index (χ4v) is 2.35. The van der Waals surface area contributed by atoms with Crippen molar-refractivity contribution in [1.82, 2.24) is 9.97 Å². The van der Waals surface area contributed by atoms with Crippen molar-refractivity contribution in [2.24, 2.45) is 5.73 Å². The van der Waals surface area contributed by atoms with Gasteiger partial charge in [-0.05, 0) is 32.9 Å². The Labute approximate surface area is 108 Å². The number of nitrogens with zero attached hydrogens (tertiary/aromatic N) is 1. The molecule has 2 rings (SSSR count). The van der Waals surface area contributed by atoms with E-state index in [2.05, 4.69) is 48.9 Å². The first-order valence-electron chi connectivity index (χ1n) is 6.40. The number of aromatic amines is 1. The first-order valence-corrected chi connectivity index (χ1v) is 6.40. The van der Waals surface area contributed by atoms with E-state index in [1.165, 1.54) is 16.7 Å². The topological polar surface area (TPSA) is 54.7 Å². The van der Waals surface area contributed by atoms with Gasteiger partial charge in [0.25, 0.3) is 0 Å². The molecule has 0 fully saturated rings. The second-order valence-corrected chi connectivity index (χ2v) is 4.97. The number of aromatic nitrogens is 2. The molecule has 0 aliphatic heterocycles. The zero-order chi connectivity index (χ0) is 13.1. The van der Waals surface area contributed by atoms with Crippen LogP contribution in [0, 0.1) is 20.8 Å². The molecule has 1 aromatic carbocycles. The summed E-state index contributed by atoms with van der Waals surface area (Å²) in [5, 5.41) is 0. The van der Waals surface area contributed by atoms with Crippen molar-refractivity contribution in [3.63, 3.8) is 0 Å². The molecule has 3 heteroatoms. The number of nitrogens with two attached hydrogens (primary N) is 1. The Morgan fingerprint density at radius 1 is 1.11 bits per heavy atom.